The lowest BCUT2D eigenvalue weighted by atomic mass is 10.1. The van der Waals surface area contributed by atoms with Crippen LogP contribution in [0.5, 0.6) is 0 Å². The molecule has 0 amide bonds. The first kappa shape index (κ1) is 12.2. The van der Waals surface area contributed by atoms with E-state index in [4.69, 9.17) is 4.74 Å². The van der Waals surface area contributed by atoms with Crippen molar-refractivity contribution in [2.45, 2.75) is 32.9 Å². The molecule has 0 aliphatic rings. The maximum atomic E-state index is 5.61. The summed E-state index contributed by atoms with van der Waals surface area (Å²) in [6.45, 7) is 7.83. The van der Waals surface area contributed by atoms with Crippen molar-refractivity contribution in [2.24, 2.45) is 7.05 Å². The van der Waals surface area contributed by atoms with Crippen LogP contribution in [0.25, 0.3) is 0 Å². The molecule has 0 fully saturated rings. The molecule has 1 heterocycles. The van der Waals surface area contributed by atoms with Gasteiger partial charge in [-0.1, -0.05) is 6.92 Å². The van der Waals surface area contributed by atoms with Gasteiger partial charge in [0.25, 0.3) is 0 Å². The fraction of sp³-hybridized carbons (Fsp3) is 0.727. The number of nitrogens with one attached hydrogen (secondary N) is 1. The van der Waals surface area contributed by atoms with E-state index in [1.807, 2.05) is 30.9 Å². The molecule has 0 spiro atoms. The van der Waals surface area contributed by atoms with Crippen molar-refractivity contribution in [3.05, 3.63) is 18.0 Å². The van der Waals surface area contributed by atoms with Crippen LogP contribution >= 0.6 is 0 Å². The zero-order valence-corrected chi connectivity index (χ0v) is 10.0. The highest BCUT2D eigenvalue weighted by Gasteiger charge is 2.20. The molecule has 4 heteroatoms. The molecule has 2 unspecified atom stereocenters. The third-order valence-corrected chi connectivity index (χ3v) is 2.38. The van der Waals surface area contributed by atoms with Crippen LogP contribution in [0.15, 0.2) is 12.3 Å². The van der Waals surface area contributed by atoms with Gasteiger partial charge >= 0.3 is 0 Å². The van der Waals surface area contributed by atoms with Crippen LogP contribution in [0.1, 0.15) is 32.5 Å². The second-order valence-electron chi connectivity index (χ2n) is 3.61. The lowest BCUT2D eigenvalue weighted by molar-refractivity contribution is 0.0464. The van der Waals surface area contributed by atoms with E-state index >= 15 is 0 Å². The van der Waals surface area contributed by atoms with Crippen molar-refractivity contribution in [2.75, 3.05) is 13.2 Å². The summed E-state index contributed by atoms with van der Waals surface area (Å²) < 4.78 is 7.43. The highest BCUT2D eigenvalue weighted by molar-refractivity contribution is 5.07. The predicted octanol–water partition coefficient (Wildman–Crippen LogP) is 1.50. The molecule has 0 aromatic carbocycles. The highest BCUT2D eigenvalue weighted by Crippen LogP contribution is 2.16. The number of ether oxygens (including phenoxy) is 1. The minimum Gasteiger partial charge on any atom is -0.377 e. The molecule has 0 radical (unpaired) electrons. The van der Waals surface area contributed by atoms with Crippen molar-refractivity contribution < 1.29 is 4.74 Å². The van der Waals surface area contributed by atoms with Crippen LogP contribution in [-0.2, 0) is 11.8 Å². The standard InChI is InChI=1S/C11H21N3O/c1-5-12-11(9(3)15-6-2)10-7-8-14(4)13-10/h7-9,11-12H,5-6H2,1-4H3. The number of likely N-dealkylation sites (N-methyl/N-ethyl adjacent to an activating group) is 1. The molecule has 0 bridgehead atoms. The van der Waals surface area contributed by atoms with Gasteiger partial charge in [0, 0.05) is 19.9 Å². The molecule has 0 saturated heterocycles. The zero-order chi connectivity index (χ0) is 11.3. The third-order valence-electron chi connectivity index (χ3n) is 2.38. The summed E-state index contributed by atoms with van der Waals surface area (Å²) in [5.74, 6) is 0. The number of aromatic nitrogens is 2. The first-order valence-electron chi connectivity index (χ1n) is 5.53. The Morgan fingerprint density at radius 3 is 2.73 bits per heavy atom. The summed E-state index contributed by atoms with van der Waals surface area (Å²) in [6, 6.07) is 2.21. The Kier molecular flexibility index (Phi) is 4.78. The first-order valence-corrected chi connectivity index (χ1v) is 5.53. The molecule has 1 rings (SSSR count). The Labute approximate surface area is 91.6 Å². The van der Waals surface area contributed by atoms with Gasteiger partial charge in [-0.3, -0.25) is 4.68 Å². The fourth-order valence-electron chi connectivity index (χ4n) is 1.69. The van der Waals surface area contributed by atoms with Crippen LogP contribution in [0.2, 0.25) is 0 Å². The summed E-state index contributed by atoms with van der Waals surface area (Å²) in [6.07, 6.45) is 2.10. The van der Waals surface area contributed by atoms with E-state index in [0.717, 1.165) is 18.8 Å². The molecule has 86 valence electrons. The number of hydrogen-bond acceptors (Lipinski definition) is 3. The van der Waals surface area contributed by atoms with Crippen molar-refractivity contribution in [1.82, 2.24) is 15.1 Å². The molecular weight excluding hydrogens is 190 g/mol. The van der Waals surface area contributed by atoms with Crippen LogP contribution < -0.4 is 5.32 Å². The molecule has 0 aliphatic heterocycles. The average molecular weight is 211 g/mol. The second-order valence-corrected chi connectivity index (χ2v) is 3.61. The lowest BCUT2D eigenvalue weighted by Crippen LogP contribution is -2.32. The van der Waals surface area contributed by atoms with Gasteiger partial charge in [0.15, 0.2) is 0 Å². The molecule has 1 aromatic rings. The topological polar surface area (TPSA) is 39.1 Å². The van der Waals surface area contributed by atoms with E-state index in [0.29, 0.717) is 0 Å². The smallest absolute Gasteiger partial charge is 0.0820 e. The number of hydrogen-bond donors (Lipinski definition) is 1. The van der Waals surface area contributed by atoms with Gasteiger partial charge in [-0.25, -0.2) is 0 Å². The minimum atomic E-state index is 0.143. The van der Waals surface area contributed by atoms with Crippen LogP contribution in [0.3, 0.4) is 0 Å². The van der Waals surface area contributed by atoms with E-state index in [9.17, 15) is 0 Å². The minimum absolute atomic E-state index is 0.143. The molecule has 1 aromatic heterocycles. The van der Waals surface area contributed by atoms with Crippen molar-refractivity contribution >= 4 is 0 Å². The van der Waals surface area contributed by atoms with Crippen LogP contribution in [0.4, 0.5) is 0 Å². The van der Waals surface area contributed by atoms with E-state index in [2.05, 4.69) is 24.3 Å². The summed E-state index contributed by atoms with van der Waals surface area (Å²) in [4.78, 5) is 0. The Bertz CT molecular complexity index is 285. The van der Waals surface area contributed by atoms with Gasteiger partial charge in [0.1, 0.15) is 0 Å². The molecule has 2 atom stereocenters. The second kappa shape index (κ2) is 5.88. The molecular formula is C11H21N3O. The molecule has 15 heavy (non-hydrogen) atoms. The summed E-state index contributed by atoms with van der Waals surface area (Å²) in [7, 11) is 1.93. The van der Waals surface area contributed by atoms with E-state index < -0.39 is 0 Å². The monoisotopic (exact) mass is 211 g/mol. The number of aryl methyl sites for hydroxylation is 1. The third kappa shape index (κ3) is 3.32. The maximum Gasteiger partial charge on any atom is 0.0820 e. The van der Waals surface area contributed by atoms with Gasteiger partial charge in [-0.05, 0) is 26.5 Å². The van der Waals surface area contributed by atoms with Gasteiger partial charge in [0.2, 0.25) is 0 Å². The maximum absolute atomic E-state index is 5.61. The van der Waals surface area contributed by atoms with Gasteiger partial charge in [-0.2, -0.15) is 5.10 Å². The van der Waals surface area contributed by atoms with E-state index in [-0.39, 0.29) is 12.1 Å². The SMILES string of the molecule is CCNC(c1ccn(C)n1)C(C)OCC. The number of rotatable bonds is 6. The Morgan fingerprint density at radius 1 is 1.53 bits per heavy atom. The molecule has 0 aliphatic carbocycles. The quantitative estimate of drug-likeness (QED) is 0.775. The van der Waals surface area contributed by atoms with E-state index in [1.54, 1.807) is 0 Å². The van der Waals surface area contributed by atoms with E-state index in [1.165, 1.54) is 0 Å². The van der Waals surface area contributed by atoms with Gasteiger partial charge < -0.3 is 10.1 Å². The Hall–Kier alpha value is -0.870. The Balaban J connectivity index is 2.72. The summed E-state index contributed by atoms with van der Waals surface area (Å²) in [5.41, 5.74) is 1.04. The average Bonchev–Trinajstić information content (AvgIpc) is 2.61. The van der Waals surface area contributed by atoms with Crippen LogP contribution in [0, 0.1) is 0 Å². The van der Waals surface area contributed by atoms with Crippen molar-refractivity contribution in [1.29, 1.82) is 0 Å². The zero-order valence-electron chi connectivity index (χ0n) is 10.0. The highest BCUT2D eigenvalue weighted by atomic mass is 16.5. The Morgan fingerprint density at radius 2 is 2.27 bits per heavy atom. The largest absolute Gasteiger partial charge is 0.377 e. The number of nitrogens with zero attached hydrogens (tertiary/aromatic N) is 2. The van der Waals surface area contributed by atoms with Gasteiger partial charge in [-0.15, -0.1) is 0 Å². The summed E-state index contributed by atoms with van der Waals surface area (Å²) >= 11 is 0. The molecule has 4 nitrogen and oxygen atoms in total. The van der Waals surface area contributed by atoms with Crippen molar-refractivity contribution in [3.8, 4) is 0 Å². The molecule has 0 saturated carbocycles. The van der Waals surface area contributed by atoms with Gasteiger partial charge in [0.05, 0.1) is 17.8 Å². The normalized spacial score (nSPS) is 15.2. The predicted molar refractivity (Wildman–Crippen MR) is 60.7 cm³/mol. The van der Waals surface area contributed by atoms with Crippen LogP contribution in [-0.4, -0.2) is 29.0 Å². The fourth-order valence-corrected chi connectivity index (χ4v) is 1.69. The molecule has 1 N–H and O–H groups in total. The van der Waals surface area contributed by atoms with Crippen molar-refractivity contribution in [3.63, 3.8) is 0 Å². The summed E-state index contributed by atoms with van der Waals surface area (Å²) in [5, 5.41) is 7.80. The first-order chi connectivity index (χ1) is 7.19. The lowest BCUT2D eigenvalue weighted by Gasteiger charge is -2.22.